The molecule has 2 aromatic carbocycles. The Hall–Kier alpha value is -3.74. The van der Waals surface area contributed by atoms with Gasteiger partial charge in [-0.25, -0.2) is 9.78 Å². The number of alkyl halides is 3. The number of nitrogens with zero attached hydrogens (tertiary/aromatic N) is 2. The number of aromatic carboxylic acids is 1. The van der Waals surface area contributed by atoms with Crippen molar-refractivity contribution in [3.63, 3.8) is 0 Å². The molecule has 0 radical (unpaired) electrons. The zero-order chi connectivity index (χ0) is 20.6. The number of aromatic nitrogens is 2. The summed E-state index contributed by atoms with van der Waals surface area (Å²) in [5, 5.41) is 10.0. The van der Waals surface area contributed by atoms with Crippen molar-refractivity contribution in [2.75, 3.05) is 0 Å². The van der Waals surface area contributed by atoms with E-state index in [1.807, 2.05) is 0 Å². The molecule has 144 valence electrons. The molecule has 0 saturated carbocycles. The van der Waals surface area contributed by atoms with Crippen molar-refractivity contribution in [3.05, 3.63) is 84.2 Å². The number of benzene rings is 2. The Bertz CT molecular complexity index is 1220. The molecular formula is C22H13F3N2O2. The highest BCUT2D eigenvalue weighted by Gasteiger charge is 2.35. The van der Waals surface area contributed by atoms with Crippen molar-refractivity contribution in [1.82, 2.24) is 9.97 Å². The molecule has 0 aliphatic heterocycles. The molecule has 0 spiro atoms. The molecule has 7 heteroatoms. The fraction of sp³-hybridized carbons (Fsp3) is 0.0455. The quantitative estimate of drug-likeness (QED) is 0.486. The summed E-state index contributed by atoms with van der Waals surface area (Å²) in [4.78, 5) is 19.6. The Morgan fingerprint density at radius 2 is 1.59 bits per heavy atom. The Labute approximate surface area is 163 Å². The molecule has 0 aliphatic carbocycles. The first-order chi connectivity index (χ1) is 13.8. The lowest BCUT2D eigenvalue weighted by molar-refractivity contribution is -0.140. The Kier molecular flexibility index (Phi) is 4.50. The topological polar surface area (TPSA) is 63.1 Å². The number of carboxylic acids is 1. The van der Waals surface area contributed by atoms with Crippen LogP contribution < -0.4 is 0 Å². The number of hydrogen-bond acceptors (Lipinski definition) is 3. The van der Waals surface area contributed by atoms with Gasteiger partial charge in [0.1, 0.15) is 0 Å². The molecule has 0 aliphatic rings. The highest BCUT2D eigenvalue weighted by atomic mass is 19.4. The summed E-state index contributed by atoms with van der Waals surface area (Å²) in [5.41, 5.74) is 1.04. The van der Waals surface area contributed by atoms with Gasteiger partial charge in [0, 0.05) is 22.7 Å². The van der Waals surface area contributed by atoms with Gasteiger partial charge in [0.15, 0.2) is 5.69 Å². The van der Waals surface area contributed by atoms with Gasteiger partial charge in [-0.2, -0.15) is 13.2 Å². The molecule has 0 saturated heterocycles. The number of carboxylic acid groups (broad SMARTS) is 1. The van der Waals surface area contributed by atoms with Crippen molar-refractivity contribution in [2.24, 2.45) is 0 Å². The first kappa shape index (κ1) is 18.6. The van der Waals surface area contributed by atoms with Crippen molar-refractivity contribution in [1.29, 1.82) is 0 Å². The van der Waals surface area contributed by atoms with Crippen molar-refractivity contribution >= 4 is 16.9 Å². The second-order valence-electron chi connectivity index (χ2n) is 6.35. The second-order valence-corrected chi connectivity index (χ2v) is 6.35. The van der Waals surface area contributed by atoms with E-state index in [9.17, 15) is 23.1 Å². The highest BCUT2D eigenvalue weighted by molar-refractivity contribution is 6.03. The fourth-order valence-corrected chi connectivity index (χ4v) is 3.18. The van der Waals surface area contributed by atoms with E-state index in [-0.39, 0.29) is 11.1 Å². The maximum atomic E-state index is 13.2. The van der Waals surface area contributed by atoms with E-state index in [1.165, 1.54) is 18.2 Å². The van der Waals surface area contributed by atoms with Crippen LogP contribution in [0.5, 0.6) is 0 Å². The van der Waals surface area contributed by atoms with E-state index in [2.05, 4.69) is 9.97 Å². The average Bonchev–Trinajstić information content (AvgIpc) is 2.72. The number of para-hydroxylation sites is 1. The van der Waals surface area contributed by atoms with Crippen LogP contribution in [-0.2, 0) is 6.18 Å². The molecule has 0 amide bonds. The number of halogens is 3. The van der Waals surface area contributed by atoms with Crippen molar-refractivity contribution < 1.29 is 23.1 Å². The summed E-state index contributed by atoms with van der Waals surface area (Å²) in [6, 6.07) is 17.5. The molecule has 1 N–H and O–H groups in total. The van der Waals surface area contributed by atoms with Gasteiger partial charge in [0.2, 0.25) is 0 Å². The number of pyridine rings is 2. The smallest absolute Gasteiger partial charge is 0.433 e. The lowest BCUT2D eigenvalue weighted by Crippen LogP contribution is -2.09. The number of hydrogen-bond donors (Lipinski definition) is 1. The van der Waals surface area contributed by atoms with Crippen LogP contribution in [0.2, 0.25) is 0 Å². The van der Waals surface area contributed by atoms with Crippen LogP contribution in [0.15, 0.2) is 72.9 Å². The van der Waals surface area contributed by atoms with Gasteiger partial charge in [-0.15, -0.1) is 0 Å². The van der Waals surface area contributed by atoms with Crippen LogP contribution in [-0.4, -0.2) is 21.0 Å². The molecule has 4 nitrogen and oxygen atoms in total. The van der Waals surface area contributed by atoms with Crippen molar-refractivity contribution in [3.8, 4) is 22.4 Å². The predicted molar refractivity (Wildman–Crippen MR) is 102 cm³/mol. The molecule has 2 aromatic heterocycles. The fourth-order valence-electron chi connectivity index (χ4n) is 3.18. The lowest BCUT2D eigenvalue weighted by atomic mass is 9.99. The van der Waals surface area contributed by atoms with Crippen molar-refractivity contribution in [2.45, 2.75) is 6.18 Å². The third-order valence-corrected chi connectivity index (χ3v) is 4.51. The number of rotatable bonds is 3. The number of carbonyl (C=O) groups is 1. The summed E-state index contributed by atoms with van der Waals surface area (Å²) in [6.07, 6.45) is -3.46. The van der Waals surface area contributed by atoms with Gasteiger partial charge in [-0.1, -0.05) is 48.5 Å². The molecule has 2 heterocycles. The normalized spacial score (nSPS) is 11.6. The van der Waals surface area contributed by atoms with Crippen LogP contribution in [0.25, 0.3) is 33.3 Å². The van der Waals surface area contributed by atoms with E-state index in [0.717, 1.165) is 6.20 Å². The van der Waals surface area contributed by atoms with E-state index in [4.69, 9.17) is 0 Å². The van der Waals surface area contributed by atoms with E-state index >= 15 is 0 Å². The Morgan fingerprint density at radius 3 is 2.28 bits per heavy atom. The van der Waals surface area contributed by atoms with E-state index in [0.29, 0.717) is 27.7 Å². The standard InChI is InChI=1S/C22H13F3N2O2/c23-22(24,25)20-15(5-3-11-26-20)13-7-9-14(10-8-13)19-12-17(21(28)29)16-4-1-2-6-18(16)27-19/h1-12H,(H,28,29). The first-order valence-corrected chi connectivity index (χ1v) is 8.61. The monoisotopic (exact) mass is 394 g/mol. The van der Waals surface area contributed by atoms with Gasteiger partial charge in [-0.3, -0.25) is 4.98 Å². The molecule has 4 rings (SSSR count). The minimum absolute atomic E-state index is 0.0238. The SMILES string of the molecule is O=C(O)c1cc(-c2ccc(-c3cccnc3C(F)(F)F)cc2)nc2ccccc12. The molecule has 4 aromatic rings. The zero-order valence-corrected chi connectivity index (χ0v) is 14.8. The minimum atomic E-state index is -4.56. The van der Waals surface area contributed by atoms with Gasteiger partial charge in [0.25, 0.3) is 0 Å². The Balaban J connectivity index is 1.80. The highest BCUT2D eigenvalue weighted by Crippen LogP contribution is 2.36. The average molecular weight is 394 g/mol. The van der Waals surface area contributed by atoms with Crippen LogP contribution in [0.3, 0.4) is 0 Å². The largest absolute Gasteiger partial charge is 0.478 e. The first-order valence-electron chi connectivity index (χ1n) is 8.61. The van der Waals surface area contributed by atoms with Gasteiger partial charge >= 0.3 is 12.1 Å². The summed E-state index contributed by atoms with van der Waals surface area (Å²) >= 11 is 0. The summed E-state index contributed by atoms with van der Waals surface area (Å²) < 4.78 is 39.7. The third-order valence-electron chi connectivity index (χ3n) is 4.51. The maximum absolute atomic E-state index is 13.2. The molecule has 0 fully saturated rings. The van der Waals surface area contributed by atoms with E-state index in [1.54, 1.807) is 48.5 Å². The Morgan fingerprint density at radius 1 is 0.897 bits per heavy atom. The lowest BCUT2D eigenvalue weighted by Gasteiger charge is -2.12. The second kappa shape index (κ2) is 7.01. The number of fused-ring (bicyclic) bond motifs is 1. The van der Waals surface area contributed by atoms with Gasteiger partial charge < -0.3 is 5.11 Å². The van der Waals surface area contributed by atoms with Crippen LogP contribution in [0, 0.1) is 0 Å². The zero-order valence-electron chi connectivity index (χ0n) is 14.8. The molecular weight excluding hydrogens is 381 g/mol. The van der Waals surface area contributed by atoms with Gasteiger partial charge in [0.05, 0.1) is 16.8 Å². The van der Waals surface area contributed by atoms with Crippen LogP contribution in [0.4, 0.5) is 13.2 Å². The molecule has 0 atom stereocenters. The third kappa shape index (κ3) is 3.54. The maximum Gasteiger partial charge on any atom is 0.433 e. The van der Waals surface area contributed by atoms with Crippen LogP contribution in [0.1, 0.15) is 16.1 Å². The van der Waals surface area contributed by atoms with Gasteiger partial charge in [-0.05, 0) is 23.8 Å². The van der Waals surface area contributed by atoms with Crippen LogP contribution >= 0.6 is 0 Å². The summed E-state index contributed by atoms with van der Waals surface area (Å²) in [7, 11) is 0. The van der Waals surface area contributed by atoms with E-state index < -0.39 is 17.8 Å². The summed E-state index contributed by atoms with van der Waals surface area (Å²) in [5.74, 6) is -1.08. The minimum Gasteiger partial charge on any atom is -0.478 e. The molecule has 0 bridgehead atoms. The summed E-state index contributed by atoms with van der Waals surface area (Å²) in [6.45, 7) is 0. The molecule has 29 heavy (non-hydrogen) atoms. The molecule has 0 unspecified atom stereocenters. The predicted octanol–water partition coefficient (Wildman–Crippen LogP) is 5.68.